The van der Waals surface area contributed by atoms with Gasteiger partial charge in [-0.25, -0.2) is 0 Å². The van der Waals surface area contributed by atoms with Crippen LogP contribution in [0.5, 0.6) is 5.88 Å². The molecule has 0 unspecified atom stereocenters. The summed E-state index contributed by atoms with van der Waals surface area (Å²) in [7, 11) is 0. The molecule has 2 aromatic rings. The van der Waals surface area contributed by atoms with E-state index in [-0.39, 0.29) is 10.8 Å². The molecule has 0 saturated heterocycles. The van der Waals surface area contributed by atoms with Crippen LogP contribution in [0.3, 0.4) is 0 Å². The van der Waals surface area contributed by atoms with Crippen LogP contribution >= 0.6 is 11.3 Å². The van der Waals surface area contributed by atoms with E-state index in [0.717, 1.165) is 29.7 Å². The molecule has 0 amide bonds. The van der Waals surface area contributed by atoms with Gasteiger partial charge in [-0.15, -0.1) is 0 Å². The Kier molecular flexibility index (Phi) is 2.80. The maximum atomic E-state index is 11.2. The molecule has 4 heteroatoms. The van der Waals surface area contributed by atoms with Crippen molar-refractivity contribution in [2.45, 2.75) is 19.3 Å². The molecule has 0 aliphatic heterocycles. The monoisotopic (exact) mass is 259 g/mol. The van der Waals surface area contributed by atoms with Crippen LogP contribution in [0.4, 0.5) is 0 Å². The molecule has 2 N–H and O–H groups in total. The van der Waals surface area contributed by atoms with Gasteiger partial charge in [0.15, 0.2) is 0 Å². The number of nitrogens with one attached hydrogen (secondary N) is 1. The van der Waals surface area contributed by atoms with E-state index in [1.165, 1.54) is 17.5 Å². The van der Waals surface area contributed by atoms with Gasteiger partial charge in [0.25, 0.3) is 0 Å². The Balaban J connectivity index is 2.11. The highest BCUT2D eigenvalue weighted by molar-refractivity contribution is 7.13. The van der Waals surface area contributed by atoms with Crippen LogP contribution in [0.25, 0.3) is 16.5 Å². The molecule has 1 aliphatic carbocycles. The van der Waals surface area contributed by atoms with Crippen molar-refractivity contribution in [3.8, 4) is 16.3 Å². The van der Waals surface area contributed by atoms with E-state index in [1.54, 1.807) is 0 Å². The van der Waals surface area contributed by atoms with E-state index in [0.29, 0.717) is 4.88 Å². The van der Waals surface area contributed by atoms with Crippen LogP contribution in [0, 0.1) is 0 Å². The second-order valence-corrected chi connectivity index (χ2v) is 5.38. The third kappa shape index (κ3) is 1.99. The van der Waals surface area contributed by atoms with Crippen molar-refractivity contribution < 1.29 is 5.11 Å². The fourth-order valence-corrected chi connectivity index (χ4v) is 2.98. The second kappa shape index (κ2) is 4.46. The molecule has 0 saturated carbocycles. The minimum atomic E-state index is -0.229. The summed E-state index contributed by atoms with van der Waals surface area (Å²) in [5, 5.41) is 9.68. The van der Waals surface area contributed by atoms with Crippen molar-refractivity contribution >= 4 is 17.4 Å². The van der Waals surface area contributed by atoms with Crippen molar-refractivity contribution in [3.05, 3.63) is 45.1 Å². The number of hydrogen-bond donors (Lipinski definition) is 2. The van der Waals surface area contributed by atoms with Crippen molar-refractivity contribution in [2.24, 2.45) is 0 Å². The van der Waals surface area contributed by atoms with Crippen LogP contribution in [0.2, 0.25) is 0 Å². The molecule has 1 aliphatic rings. The first-order chi connectivity index (χ1) is 8.74. The lowest BCUT2D eigenvalue weighted by atomic mass is 10.0. The zero-order valence-electron chi connectivity index (χ0n) is 9.77. The smallest absolute Gasteiger partial charge is 0.307 e. The Morgan fingerprint density at radius 1 is 1.33 bits per heavy atom. The summed E-state index contributed by atoms with van der Waals surface area (Å²) in [6.07, 6.45) is 7.66. The minimum absolute atomic E-state index is 0.0393. The predicted molar refractivity (Wildman–Crippen MR) is 74.0 cm³/mol. The summed E-state index contributed by atoms with van der Waals surface area (Å²) in [6.45, 7) is 0. The molecule has 92 valence electrons. The van der Waals surface area contributed by atoms with Gasteiger partial charge in [-0.1, -0.05) is 35.6 Å². The van der Waals surface area contributed by atoms with Gasteiger partial charge >= 0.3 is 4.87 Å². The van der Waals surface area contributed by atoms with Crippen LogP contribution in [-0.2, 0) is 6.42 Å². The molecule has 0 atom stereocenters. The molecule has 1 aromatic carbocycles. The molecule has 1 heterocycles. The van der Waals surface area contributed by atoms with Gasteiger partial charge in [0.2, 0.25) is 5.88 Å². The van der Waals surface area contributed by atoms with Gasteiger partial charge in [0.05, 0.1) is 4.88 Å². The van der Waals surface area contributed by atoms with E-state index < -0.39 is 0 Å². The number of allylic oxidation sites excluding steroid dienone is 1. The van der Waals surface area contributed by atoms with Gasteiger partial charge in [0, 0.05) is 0 Å². The van der Waals surface area contributed by atoms with E-state index in [2.05, 4.69) is 23.2 Å². The van der Waals surface area contributed by atoms with Crippen LogP contribution in [0.1, 0.15) is 24.0 Å². The van der Waals surface area contributed by atoms with Gasteiger partial charge in [-0.2, -0.15) is 0 Å². The average molecular weight is 259 g/mol. The summed E-state index contributed by atoms with van der Waals surface area (Å²) in [5.41, 5.74) is 3.40. The Morgan fingerprint density at radius 2 is 2.22 bits per heavy atom. The standard InChI is InChI=1S/C14H13NO2S/c16-13-12(18-14(17)15-13)11-7-6-9-4-2-1-3-5-10(9)8-11/h3,5-8,16H,1-2,4H2,(H,15,17). The fraction of sp³-hybridized carbons (Fsp3) is 0.214. The number of fused-ring (bicyclic) bond motifs is 1. The van der Waals surface area contributed by atoms with Gasteiger partial charge in [0.1, 0.15) is 0 Å². The third-order valence-electron chi connectivity index (χ3n) is 3.15. The Morgan fingerprint density at radius 3 is 3.00 bits per heavy atom. The van der Waals surface area contributed by atoms with Crippen molar-refractivity contribution in [3.63, 3.8) is 0 Å². The van der Waals surface area contributed by atoms with E-state index in [9.17, 15) is 9.90 Å². The zero-order valence-corrected chi connectivity index (χ0v) is 10.6. The zero-order chi connectivity index (χ0) is 12.5. The number of rotatable bonds is 1. The largest absolute Gasteiger partial charge is 0.493 e. The molecular weight excluding hydrogens is 246 g/mol. The molecular formula is C14H13NO2S. The third-order valence-corrected chi connectivity index (χ3v) is 4.07. The highest BCUT2D eigenvalue weighted by Gasteiger charge is 2.11. The summed E-state index contributed by atoms with van der Waals surface area (Å²) in [6, 6.07) is 6.09. The van der Waals surface area contributed by atoms with E-state index in [1.807, 2.05) is 12.1 Å². The van der Waals surface area contributed by atoms with Crippen molar-refractivity contribution in [1.29, 1.82) is 0 Å². The molecule has 3 rings (SSSR count). The number of aromatic hydroxyl groups is 1. The van der Waals surface area contributed by atoms with Crippen molar-refractivity contribution in [2.75, 3.05) is 0 Å². The highest BCUT2D eigenvalue weighted by atomic mass is 32.1. The molecule has 0 spiro atoms. The average Bonchev–Trinajstić information content (AvgIpc) is 2.58. The summed E-state index contributed by atoms with van der Waals surface area (Å²) >= 11 is 1.04. The number of aromatic nitrogens is 1. The molecule has 1 aromatic heterocycles. The van der Waals surface area contributed by atoms with Gasteiger partial charge < -0.3 is 5.11 Å². The topological polar surface area (TPSA) is 53.1 Å². The number of benzene rings is 1. The molecule has 18 heavy (non-hydrogen) atoms. The lowest BCUT2D eigenvalue weighted by molar-refractivity contribution is 0.458. The minimum Gasteiger partial charge on any atom is -0.493 e. The molecule has 0 bridgehead atoms. The van der Waals surface area contributed by atoms with E-state index in [4.69, 9.17) is 0 Å². The number of thiazole rings is 1. The summed E-state index contributed by atoms with van der Waals surface area (Å²) in [4.78, 5) is 14.0. The maximum absolute atomic E-state index is 11.2. The number of aromatic amines is 1. The Hall–Kier alpha value is -1.81. The van der Waals surface area contributed by atoms with E-state index >= 15 is 0 Å². The SMILES string of the molecule is O=c1[nH]c(O)c(-c2ccc3c(c2)C=CCCC3)s1. The first kappa shape index (κ1) is 11.3. The van der Waals surface area contributed by atoms with Crippen LogP contribution in [-0.4, -0.2) is 10.1 Å². The summed E-state index contributed by atoms with van der Waals surface area (Å²) < 4.78 is 0. The van der Waals surface area contributed by atoms with Gasteiger partial charge in [-0.3, -0.25) is 9.78 Å². The lowest BCUT2D eigenvalue weighted by Gasteiger charge is -2.06. The predicted octanol–water partition coefficient (Wildman–Crippen LogP) is 3.16. The number of H-pyrrole nitrogens is 1. The molecule has 0 radical (unpaired) electrons. The Labute approximate surface area is 108 Å². The first-order valence-electron chi connectivity index (χ1n) is 5.96. The van der Waals surface area contributed by atoms with Gasteiger partial charge in [-0.05, 0) is 42.0 Å². The molecule has 3 nitrogen and oxygen atoms in total. The van der Waals surface area contributed by atoms with Crippen LogP contribution in [0.15, 0.2) is 29.1 Å². The number of hydrogen-bond acceptors (Lipinski definition) is 3. The van der Waals surface area contributed by atoms with Crippen molar-refractivity contribution in [1.82, 2.24) is 4.98 Å². The quantitative estimate of drug-likeness (QED) is 0.826. The van der Waals surface area contributed by atoms with Crippen LogP contribution < -0.4 is 4.87 Å². The lowest BCUT2D eigenvalue weighted by Crippen LogP contribution is -1.89. The summed E-state index contributed by atoms with van der Waals surface area (Å²) in [5.74, 6) is -0.0393. The molecule has 0 fully saturated rings. The normalized spacial score (nSPS) is 14.2. The highest BCUT2D eigenvalue weighted by Crippen LogP contribution is 2.32. The number of aryl methyl sites for hydroxylation is 1. The maximum Gasteiger partial charge on any atom is 0.307 e. The fourth-order valence-electron chi connectivity index (χ4n) is 2.26. The Bertz CT molecular complexity index is 667. The second-order valence-electron chi connectivity index (χ2n) is 4.40. The first-order valence-corrected chi connectivity index (χ1v) is 6.77.